The van der Waals surface area contributed by atoms with E-state index >= 15 is 0 Å². The molecular formula is C16H30NO2+. The molecule has 110 valence electrons. The number of aliphatic hydroxyl groups is 1. The molecule has 4 rings (SSSR count). The lowest BCUT2D eigenvalue weighted by atomic mass is 9.54. The molecule has 0 unspecified atom stereocenters. The van der Waals surface area contributed by atoms with E-state index < -0.39 is 0 Å². The maximum absolute atomic E-state index is 10.1. The summed E-state index contributed by atoms with van der Waals surface area (Å²) in [6.45, 7) is 1.30. The van der Waals surface area contributed by atoms with Gasteiger partial charge >= 0.3 is 0 Å². The van der Waals surface area contributed by atoms with Crippen molar-refractivity contribution in [2.45, 2.75) is 50.2 Å². The van der Waals surface area contributed by atoms with Gasteiger partial charge in [0.2, 0.25) is 0 Å². The second-order valence-corrected chi connectivity index (χ2v) is 8.54. The topological polar surface area (TPSA) is 29.5 Å². The summed E-state index contributed by atoms with van der Waals surface area (Å²) in [5.74, 6) is 2.75. The monoisotopic (exact) mass is 268 g/mol. The van der Waals surface area contributed by atoms with Crippen molar-refractivity contribution in [3.63, 3.8) is 0 Å². The second kappa shape index (κ2) is 4.71. The lowest BCUT2D eigenvalue weighted by Gasteiger charge is -2.56. The molecule has 1 N–H and O–H groups in total. The lowest BCUT2D eigenvalue weighted by molar-refractivity contribution is -0.873. The minimum Gasteiger partial charge on any atom is -0.385 e. The third-order valence-corrected chi connectivity index (χ3v) is 5.32. The Bertz CT molecular complexity index is 299. The number of aliphatic hydroxyl groups excluding tert-OH is 1. The van der Waals surface area contributed by atoms with E-state index in [1.54, 1.807) is 0 Å². The summed E-state index contributed by atoms with van der Waals surface area (Å²) in [5, 5.41) is 10.1. The lowest BCUT2D eigenvalue weighted by Crippen LogP contribution is -2.53. The summed E-state index contributed by atoms with van der Waals surface area (Å²) >= 11 is 0. The molecule has 0 amide bonds. The Hall–Kier alpha value is -0.120. The van der Waals surface area contributed by atoms with Crippen LogP contribution < -0.4 is 0 Å². The molecule has 3 heteroatoms. The molecule has 4 bridgehead atoms. The van der Waals surface area contributed by atoms with E-state index in [0.717, 1.165) is 28.8 Å². The number of likely N-dealkylation sites (N-methyl/N-ethyl adjacent to an activating group) is 1. The van der Waals surface area contributed by atoms with Crippen LogP contribution in [0.25, 0.3) is 0 Å². The Morgan fingerprint density at radius 3 is 1.95 bits per heavy atom. The highest BCUT2D eigenvalue weighted by Crippen LogP contribution is 2.57. The minimum absolute atomic E-state index is 0.139. The average Bonchev–Trinajstić information content (AvgIpc) is 2.22. The van der Waals surface area contributed by atoms with Crippen molar-refractivity contribution in [2.75, 3.05) is 34.3 Å². The number of ether oxygens (including phenoxy) is 1. The van der Waals surface area contributed by atoms with Gasteiger partial charge in [-0.05, 0) is 56.3 Å². The second-order valence-electron chi connectivity index (χ2n) is 8.54. The first-order chi connectivity index (χ1) is 8.84. The van der Waals surface area contributed by atoms with Crippen LogP contribution in [0.3, 0.4) is 0 Å². The molecule has 19 heavy (non-hydrogen) atoms. The summed E-state index contributed by atoms with van der Waals surface area (Å²) in [5.41, 5.74) is 0.139. The largest absolute Gasteiger partial charge is 0.385 e. The van der Waals surface area contributed by atoms with Crippen molar-refractivity contribution < 1.29 is 14.3 Å². The van der Waals surface area contributed by atoms with Crippen LogP contribution in [0.4, 0.5) is 0 Å². The van der Waals surface area contributed by atoms with Gasteiger partial charge in [-0.25, -0.2) is 0 Å². The van der Waals surface area contributed by atoms with Gasteiger partial charge in [0.1, 0.15) is 12.6 Å². The van der Waals surface area contributed by atoms with Gasteiger partial charge in [-0.15, -0.1) is 0 Å². The molecule has 0 heterocycles. The quantitative estimate of drug-likeness (QED) is 0.773. The first-order valence-electron chi connectivity index (χ1n) is 7.96. The van der Waals surface area contributed by atoms with E-state index in [1.807, 2.05) is 0 Å². The van der Waals surface area contributed by atoms with E-state index in [-0.39, 0.29) is 11.7 Å². The standard InChI is InChI=1S/C16H30NO2/c1-17(2,3)10-15(18)11-19-16-7-12-4-13(8-16)6-14(5-12)9-16/h12-15,18H,4-11H2,1-3H3/q+1/t12?,13?,14?,15-,16?/m0/s1. The van der Waals surface area contributed by atoms with Crippen LogP contribution in [0.1, 0.15) is 38.5 Å². The molecule has 0 aliphatic heterocycles. The summed E-state index contributed by atoms with van der Waals surface area (Å²) in [6.07, 6.45) is 7.80. The van der Waals surface area contributed by atoms with Gasteiger partial charge in [0.05, 0.1) is 33.4 Å². The van der Waals surface area contributed by atoms with Gasteiger partial charge in [0.25, 0.3) is 0 Å². The molecule has 4 aliphatic carbocycles. The van der Waals surface area contributed by atoms with Crippen LogP contribution in [0, 0.1) is 17.8 Å². The van der Waals surface area contributed by atoms with Gasteiger partial charge in [0, 0.05) is 0 Å². The number of rotatable bonds is 5. The molecule has 4 saturated carbocycles. The fourth-order valence-corrected chi connectivity index (χ4v) is 5.17. The van der Waals surface area contributed by atoms with Crippen LogP contribution in [0.2, 0.25) is 0 Å². The molecule has 4 aliphatic rings. The smallest absolute Gasteiger partial charge is 0.126 e. The van der Waals surface area contributed by atoms with Crippen molar-refractivity contribution in [3.8, 4) is 0 Å². The predicted octanol–water partition coefficient (Wildman–Crippen LogP) is 2.04. The Morgan fingerprint density at radius 1 is 1.05 bits per heavy atom. The maximum Gasteiger partial charge on any atom is 0.126 e. The van der Waals surface area contributed by atoms with E-state index in [9.17, 15) is 5.11 Å². The Kier molecular flexibility index (Phi) is 3.43. The van der Waals surface area contributed by atoms with Crippen molar-refractivity contribution in [1.29, 1.82) is 0 Å². The van der Waals surface area contributed by atoms with Crippen LogP contribution in [-0.2, 0) is 4.74 Å². The van der Waals surface area contributed by atoms with Crippen LogP contribution in [-0.4, -0.2) is 55.6 Å². The Labute approximate surface area is 117 Å². The SMILES string of the molecule is C[N+](C)(C)C[C@H](O)COC12CC3CC(CC(C3)C1)C2. The van der Waals surface area contributed by atoms with Crippen molar-refractivity contribution in [2.24, 2.45) is 17.8 Å². The van der Waals surface area contributed by atoms with Gasteiger partial charge in [0.15, 0.2) is 0 Å². The summed E-state index contributed by atoms with van der Waals surface area (Å²) in [7, 11) is 6.36. The highest BCUT2D eigenvalue weighted by Gasteiger charge is 2.51. The molecule has 3 nitrogen and oxygen atoms in total. The first kappa shape index (κ1) is 13.8. The molecular weight excluding hydrogens is 238 g/mol. The highest BCUT2D eigenvalue weighted by molar-refractivity contribution is 5.03. The number of hydrogen-bond acceptors (Lipinski definition) is 2. The fraction of sp³-hybridized carbons (Fsp3) is 1.00. The van der Waals surface area contributed by atoms with Crippen LogP contribution in [0.5, 0.6) is 0 Å². The molecule has 4 fully saturated rings. The fourth-order valence-electron chi connectivity index (χ4n) is 5.17. The van der Waals surface area contributed by atoms with Crippen molar-refractivity contribution in [1.82, 2.24) is 0 Å². The molecule has 0 aromatic heterocycles. The summed E-state index contributed by atoms with van der Waals surface area (Å²) < 4.78 is 7.09. The molecule has 0 aromatic rings. The number of nitrogens with zero attached hydrogens (tertiary/aromatic N) is 1. The van der Waals surface area contributed by atoms with Crippen molar-refractivity contribution in [3.05, 3.63) is 0 Å². The zero-order valence-corrected chi connectivity index (χ0v) is 12.8. The average molecular weight is 268 g/mol. The number of quaternary nitrogens is 1. The molecule has 1 atom stereocenters. The zero-order valence-electron chi connectivity index (χ0n) is 12.8. The minimum atomic E-state index is -0.326. The van der Waals surface area contributed by atoms with Gasteiger partial charge in [-0.1, -0.05) is 0 Å². The normalized spacial score (nSPS) is 42.6. The Morgan fingerprint density at radius 2 is 1.53 bits per heavy atom. The molecule has 0 spiro atoms. The highest BCUT2D eigenvalue weighted by atomic mass is 16.5. The van der Waals surface area contributed by atoms with Gasteiger partial charge < -0.3 is 14.3 Å². The van der Waals surface area contributed by atoms with E-state index in [4.69, 9.17) is 4.74 Å². The maximum atomic E-state index is 10.1. The predicted molar refractivity (Wildman–Crippen MR) is 75.8 cm³/mol. The molecule has 0 saturated heterocycles. The van der Waals surface area contributed by atoms with Crippen LogP contribution in [0.15, 0.2) is 0 Å². The third kappa shape index (κ3) is 3.14. The van der Waals surface area contributed by atoms with E-state index in [0.29, 0.717) is 6.61 Å². The molecule has 0 radical (unpaired) electrons. The Balaban J connectivity index is 1.55. The van der Waals surface area contributed by atoms with E-state index in [2.05, 4.69) is 21.1 Å². The number of hydrogen-bond donors (Lipinski definition) is 1. The van der Waals surface area contributed by atoms with Gasteiger partial charge in [-0.2, -0.15) is 0 Å². The zero-order chi connectivity index (χ0) is 13.7. The van der Waals surface area contributed by atoms with Crippen LogP contribution >= 0.6 is 0 Å². The van der Waals surface area contributed by atoms with Gasteiger partial charge in [-0.3, -0.25) is 0 Å². The summed E-state index contributed by atoms with van der Waals surface area (Å²) in [6, 6.07) is 0. The molecule has 0 aromatic carbocycles. The summed E-state index contributed by atoms with van der Waals surface area (Å²) in [4.78, 5) is 0. The third-order valence-electron chi connectivity index (χ3n) is 5.32. The van der Waals surface area contributed by atoms with Crippen molar-refractivity contribution >= 4 is 0 Å². The van der Waals surface area contributed by atoms with E-state index in [1.165, 1.54) is 38.5 Å². The first-order valence-corrected chi connectivity index (χ1v) is 7.96.